The Kier molecular flexibility index (Phi) is 7.43. The number of carbonyl (C=O) groups is 2. The van der Waals surface area contributed by atoms with Crippen molar-refractivity contribution in [1.82, 2.24) is 10.2 Å². The topological polar surface area (TPSA) is 93.9 Å². The lowest BCUT2D eigenvalue weighted by atomic mass is 9.95. The normalized spacial score (nSPS) is 15.9. The van der Waals surface area contributed by atoms with Crippen LogP contribution in [0.1, 0.15) is 29.8 Å². The molecule has 0 bridgehead atoms. The molecule has 0 aromatic heterocycles. The summed E-state index contributed by atoms with van der Waals surface area (Å²) in [6, 6.07) is 14.8. The third-order valence-corrected chi connectivity index (χ3v) is 5.40. The van der Waals surface area contributed by atoms with Gasteiger partial charge in [-0.2, -0.15) is 0 Å². The van der Waals surface area contributed by atoms with Crippen LogP contribution < -0.4 is 11.1 Å². The Balaban J connectivity index is 1.65. The Bertz CT molecular complexity index is 883. The first-order chi connectivity index (χ1) is 14.8. The number of esters is 1. The zero-order valence-electron chi connectivity index (χ0n) is 18.4. The number of benzene rings is 2. The summed E-state index contributed by atoms with van der Waals surface area (Å²) >= 11 is 0. The van der Waals surface area contributed by atoms with Gasteiger partial charge >= 0.3 is 5.97 Å². The average molecular weight is 426 g/mol. The molecule has 166 valence electrons. The van der Waals surface area contributed by atoms with Crippen LogP contribution in [-0.2, 0) is 20.8 Å². The fourth-order valence-electron chi connectivity index (χ4n) is 3.52. The van der Waals surface area contributed by atoms with Gasteiger partial charge in [0.25, 0.3) is 5.91 Å². The van der Waals surface area contributed by atoms with E-state index in [1.54, 1.807) is 26.0 Å². The molecule has 31 heavy (non-hydrogen) atoms. The van der Waals surface area contributed by atoms with Crippen molar-refractivity contribution in [2.24, 2.45) is 5.73 Å². The van der Waals surface area contributed by atoms with Crippen LogP contribution in [0.3, 0.4) is 0 Å². The lowest BCUT2D eigenvalue weighted by Crippen LogP contribution is -2.59. The Labute approximate surface area is 183 Å². The number of hydrogen-bond acceptors (Lipinski definition) is 6. The van der Waals surface area contributed by atoms with Gasteiger partial charge in [-0.25, -0.2) is 4.79 Å². The smallest absolute Gasteiger partial charge is 0.330 e. The summed E-state index contributed by atoms with van der Waals surface area (Å²) in [6.45, 7) is 7.76. The predicted molar refractivity (Wildman–Crippen MR) is 120 cm³/mol. The molecule has 7 heteroatoms. The third-order valence-electron chi connectivity index (χ3n) is 5.40. The number of rotatable bonds is 7. The summed E-state index contributed by atoms with van der Waals surface area (Å²) in [6.07, 6.45) is 0. The fourth-order valence-corrected chi connectivity index (χ4v) is 3.52. The molecule has 1 aliphatic rings. The van der Waals surface area contributed by atoms with Crippen molar-refractivity contribution in [3.8, 4) is 11.1 Å². The van der Waals surface area contributed by atoms with Crippen LogP contribution in [0.2, 0.25) is 0 Å². The molecule has 0 radical (unpaired) electrons. The third kappa shape index (κ3) is 6.13. The molecule has 1 fully saturated rings. The van der Waals surface area contributed by atoms with Crippen LogP contribution >= 0.6 is 0 Å². The van der Waals surface area contributed by atoms with E-state index < -0.39 is 17.6 Å². The molecular formula is C24H31N3O4. The molecule has 2 aromatic carbocycles. The van der Waals surface area contributed by atoms with E-state index >= 15 is 0 Å². The SMILES string of the molecule is COC(=O)C(NC(=O)c1ccc(-c2ccc(CN3CCOCC3)cc2)cc1)C(C)(C)N. The van der Waals surface area contributed by atoms with Crippen LogP contribution in [0.25, 0.3) is 11.1 Å². The maximum Gasteiger partial charge on any atom is 0.330 e. The van der Waals surface area contributed by atoms with E-state index in [1.165, 1.54) is 12.7 Å². The number of methoxy groups -OCH3 is 1. The highest BCUT2D eigenvalue weighted by molar-refractivity contribution is 5.97. The van der Waals surface area contributed by atoms with E-state index in [2.05, 4.69) is 34.5 Å². The number of nitrogens with one attached hydrogen (secondary N) is 1. The Morgan fingerprint density at radius 1 is 1.06 bits per heavy atom. The number of nitrogens with two attached hydrogens (primary N) is 1. The van der Waals surface area contributed by atoms with E-state index in [-0.39, 0.29) is 5.91 Å². The highest BCUT2D eigenvalue weighted by Gasteiger charge is 2.34. The van der Waals surface area contributed by atoms with Crippen molar-refractivity contribution in [2.75, 3.05) is 33.4 Å². The number of hydrogen-bond donors (Lipinski definition) is 2. The van der Waals surface area contributed by atoms with Gasteiger partial charge in [-0.05, 0) is 42.7 Å². The standard InChI is InChI=1S/C24H31N3O4/c1-24(2,25)21(23(29)30-3)26-22(28)20-10-8-19(9-11-20)18-6-4-17(5-7-18)16-27-12-14-31-15-13-27/h4-11,21H,12-16,25H2,1-3H3,(H,26,28). The average Bonchev–Trinajstić information content (AvgIpc) is 2.77. The lowest BCUT2D eigenvalue weighted by Gasteiger charge is -2.28. The highest BCUT2D eigenvalue weighted by atomic mass is 16.5. The summed E-state index contributed by atoms with van der Waals surface area (Å²) in [4.78, 5) is 27.0. The number of amides is 1. The first-order valence-corrected chi connectivity index (χ1v) is 10.4. The molecule has 1 unspecified atom stereocenters. The molecule has 7 nitrogen and oxygen atoms in total. The molecule has 2 aromatic rings. The number of nitrogens with zero attached hydrogens (tertiary/aromatic N) is 1. The van der Waals surface area contributed by atoms with Crippen molar-refractivity contribution in [3.63, 3.8) is 0 Å². The number of carbonyl (C=O) groups excluding carboxylic acids is 2. The van der Waals surface area contributed by atoms with Crippen molar-refractivity contribution >= 4 is 11.9 Å². The van der Waals surface area contributed by atoms with Crippen LogP contribution in [0, 0.1) is 0 Å². The highest BCUT2D eigenvalue weighted by Crippen LogP contribution is 2.21. The Morgan fingerprint density at radius 3 is 2.13 bits per heavy atom. The molecule has 3 rings (SSSR count). The monoisotopic (exact) mass is 425 g/mol. The van der Waals surface area contributed by atoms with Gasteiger partial charge in [-0.15, -0.1) is 0 Å². The lowest BCUT2D eigenvalue weighted by molar-refractivity contribution is -0.144. The van der Waals surface area contributed by atoms with Gasteiger partial charge in [0, 0.05) is 30.7 Å². The maximum absolute atomic E-state index is 12.6. The van der Waals surface area contributed by atoms with Gasteiger partial charge in [0.2, 0.25) is 0 Å². The van der Waals surface area contributed by atoms with E-state index in [9.17, 15) is 9.59 Å². The summed E-state index contributed by atoms with van der Waals surface area (Å²) in [7, 11) is 1.27. The van der Waals surface area contributed by atoms with Crippen molar-refractivity contribution in [1.29, 1.82) is 0 Å². The Morgan fingerprint density at radius 2 is 1.61 bits per heavy atom. The summed E-state index contributed by atoms with van der Waals surface area (Å²) in [5.74, 6) is -0.948. The number of ether oxygens (including phenoxy) is 2. The van der Waals surface area contributed by atoms with E-state index in [0.29, 0.717) is 5.56 Å². The second-order valence-electron chi connectivity index (χ2n) is 8.41. The molecule has 1 heterocycles. The minimum absolute atomic E-state index is 0.374. The molecule has 0 saturated carbocycles. The minimum atomic E-state index is -0.953. The summed E-state index contributed by atoms with van der Waals surface area (Å²) < 4.78 is 10.2. The molecule has 3 N–H and O–H groups in total. The molecule has 1 saturated heterocycles. The maximum atomic E-state index is 12.6. The second-order valence-corrected chi connectivity index (χ2v) is 8.41. The van der Waals surface area contributed by atoms with Gasteiger partial charge in [0.15, 0.2) is 0 Å². The van der Waals surface area contributed by atoms with Gasteiger partial charge in [-0.1, -0.05) is 36.4 Å². The van der Waals surface area contributed by atoms with E-state index in [1.807, 2.05) is 12.1 Å². The van der Waals surface area contributed by atoms with Crippen LogP contribution in [0.15, 0.2) is 48.5 Å². The van der Waals surface area contributed by atoms with Crippen molar-refractivity contribution < 1.29 is 19.1 Å². The second kappa shape index (κ2) is 10.0. The quantitative estimate of drug-likeness (QED) is 0.661. The number of morpholine rings is 1. The van der Waals surface area contributed by atoms with Gasteiger partial charge < -0.3 is 20.5 Å². The zero-order valence-corrected chi connectivity index (χ0v) is 18.4. The minimum Gasteiger partial charge on any atom is -0.467 e. The van der Waals surface area contributed by atoms with Crippen molar-refractivity contribution in [2.45, 2.75) is 32.0 Å². The zero-order chi connectivity index (χ0) is 22.4. The van der Waals surface area contributed by atoms with Crippen LogP contribution in [0.4, 0.5) is 0 Å². The molecular weight excluding hydrogens is 394 g/mol. The molecule has 1 amide bonds. The molecule has 1 aliphatic heterocycles. The van der Waals surface area contributed by atoms with Crippen LogP contribution in [-0.4, -0.2) is 61.8 Å². The van der Waals surface area contributed by atoms with E-state index in [0.717, 1.165) is 44.0 Å². The van der Waals surface area contributed by atoms with Gasteiger partial charge in [0.05, 0.1) is 20.3 Å². The first-order valence-electron chi connectivity index (χ1n) is 10.4. The predicted octanol–water partition coefficient (Wildman–Crippen LogP) is 2.19. The van der Waals surface area contributed by atoms with Crippen molar-refractivity contribution in [3.05, 3.63) is 59.7 Å². The molecule has 1 atom stereocenters. The van der Waals surface area contributed by atoms with Crippen LogP contribution in [0.5, 0.6) is 0 Å². The van der Waals surface area contributed by atoms with E-state index in [4.69, 9.17) is 15.2 Å². The molecule has 0 spiro atoms. The first kappa shape index (κ1) is 22.9. The molecule has 0 aliphatic carbocycles. The summed E-state index contributed by atoms with van der Waals surface area (Å²) in [5.41, 5.74) is 8.88. The Hall–Kier alpha value is -2.74. The summed E-state index contributed by atoms with van der Waals surface area (Å²) in [5, 5.41) is 2.68. The van der Waals surface area contributed by atoms with Gasteiger partial charge in [-0.3, -0.25) is 9.69 Å². The largest absolute Gasteiger partial charge is 0.467 e. The fraction of sp³-hybridized carbons (Fsp3) is 0.417. The van der Waals surface area contributed by atoms with Gasteiger partial charge in [0.1, 0.15) is 6.04 Å².